The largest absolute Gasteiger partial charge is 0.373 e. The molecule has 1 aliphatic rings. The minimum absolute atomic E-state index is 0.0770. The molecule has 1 fully saturated rings. The monoisotopic (exact) mass is 323 g/mol. The minimum Gasteiger partial charge on any atom is -0.373 e. The highest BCUT2D eigenvalue weighted by molar-refractivity contribution is 7.09. The molecule has 1 aliphatic heterocycles. The van der Waals surface area contributed by atoms with Gasteiger partial charge in [-0.2, -0.15) is 0 Å². The molecular weight excluding hydrogens is 298 g/mol. The van der Waals surface area contributed by atoms with Crippen molar-refractivity contribution >= 4 is 23.3 Å². The van der Waals surface area contributed by atoms with Gasteiger partial charge in [0.2, 0.25) is 5.91 Å². The van der Waals surface area contributed by atoms with Crippen molar-refractivity contribution in [2.75, 3.05) is 19.6 Å². The number of carbonyl (C=O) groups excluding carboxylic acids is 1. The second-order valence-electron chi connectivity index (χ2n) is 5.93. The van der Waals surface area contributed by atoms with Crippen LogP contribution < -0.4 is 5.32 Å². The molecule has 0 aliphatic carbocycles. The van der Waals surface area contributed by atoms with Crippen molar-refractivity contribution in [1.82, 2.24) is 15.2 Å². The summed E-state index contributed by atoms with van der Waals surface area (Å²) in [5.41, 5.74) is 0.835. The predicted molar refractivity (Wildman–Crippen MR) is 89.9 cm³/mol. The first-order chi connectivity index (χ1) is 10.4. The van der Waals surface area contributed by atoms with Crippen LogP contribution in [0.1, 0.15) is 31.5 Å². The fraction of sp³-hybridized carbons (Fsp3) is 0.625. The summed E-state index contributed by atoms with van der Waals surface area (Å²) in [4.78, 5) is 18.5. The van der Waals surface area contributed by atoms with E-state index in [-0.39, 0.29) is 18.1 Å². The maximum Gasteiger partial charge on any atom is 0.244 e. The molecule has 2 rings (SSSR count). The normalized spacial score (nSPS) is 24.5. The zero-order valence-corrected chi connectivity index (χ0v) is 14.5. The molecule has 122 valence electrons. The first kappa shape index (κ1) is 17.1. The molecule has 5 nitrogen and oxygen atoms in total. The average Bonchev–Trinajstić information content (AvgIpc) is 2.87. The zero-order valence-electron chi connectivity index (χ0n) is 13.7. The van der Waals surface area contributed by atoms with Crippen LogP contribution >= 0.6 is 11.3 Å². The third kappa shape index (κ3) is 5.19. The summed E-state index contributed by atoms with van der Waals surface area (Å²) < 4.78 is 5.74. The van der Waals surface area contributed by atoms with Gasteiger partial charge in [0.25, 0.3) is 0 Å². The van der Waals surface area contributed by atoms with E-state index in [0.717, 1.165) is 23.8 Å². The van der Waals surface area contributed by atoms with Crippen molar-refractivity contribution in [1.29, 1.82) is 0 Å². The molecule has 0 aromatic carbocycles. The maximum atomic E-state index is 11.9. The summed E-state index contributed by atoms with van der Waals surface area (Å²) in [7, 11) is 0. The number of amides is 1. The van der Waals surface area contributed by atoms with E-state index in [9.17, 15) is 4.79 Å². The molecule has 0 radical (unpaired) electrons. The molecule has 0 unspecified atom stereocenters. The van der Waals surface area contributed by atoms with Gasteiger partial charge in [0.15, 0.2) is 0 Å². The molecule has 0 spiro atoms. The molecule has 3 atom stereocenters. The van der Waals surface area contributed by atoms with E-state index in [1.165, 1.54) is 0 Å². The third-order valence-electron chi connectivity index (χ3n) is 3.69. The number of hydrogen-bond donors (Lipinski definition) is 1. The lowest BCUT2D eigenvalue weighted by molar-refractivity contribution is -0.117. The lowest BCUT2D eigenvalue weighted by Gasteiger charge is -2.38. The average molecular weight is 323 g/mol. The summed E-state index contributed by atoms with van der Waals surface area (Å²) in [5.74, 6) is -0.0770. The molecular formula is C16H25N3O2S. The van der Waals surface area contributed by atoms with Crippen molar-refractivity contribution in [2.24, 2.45) is 0 Å². The summed E-state index contributed by atoms with van der Waals surface area (Å²) >= 11 is 1.58. The van der Waals surface area contributed by atoms with E-state index in [1.54, 1.807) is 23.5 Å². The van der Waals surface area contributed by atoms with E-state index in [1.807, 2.05) is 12.3 Å². The number of nitrogens with one attached hydrogen (secondary N) is 1. The van der Waals surface area contributed by atoms with Gasteiger partial charge in [-0.25, -0.2) is 4.98 Å². The second kappa shape index (κ2) is 7.85. The van der Waals surface area contributed by atoms with Crippen molar-refractivity contribution in [3.8, 4) is 0 Å². The quantitative estimate of drug-likeness (QED) is 0.843. The summed E-state index contributed by atoms with van der Waals surface area (Å²) in [6, 6.07) is 0.299. The number of nitrogens with zero attached hydrogens (tertiary/aromatic N) is 2. The first-order valence-corrected chi connectivity index (χ1v) is 8.59. The highest BCUT2D eigenvalue weighted by atomic mass is 32.1. The molecule has 1 saturated heterocycles. The fourth-order valence-electron chi connectivity index (χ4n) is 2.63. The van der Waals surface area contributed by atoms with Gasteiger partial charge in [0.05, 0.1) is 22.9 Å². The Morgan fingerprint density at radius 1 is 1.55 bits per heavy atom. The minimum atomic E-state index is -0.0770. The highest BCUT2D eigenvalue weighted by Crippen LogP contribution is 2.13. The summed E-state index contributed by atoms with van der Waals surface area (Å²) in [5, 5.41) is 5.90. The Hall–Kier alpha value is -1.24. The predicted octanol–water partition coefficient (Wildman–Crippen LogP) is 2.08. The van der Waals surface area contributed by atoms with Gasteiger partial charge in [-0.15, -0.1) is 11.3 Å². The number of ether oxygens (including phenoxy) is 1. The van der Waals surface area contributed by atoms with E-state index < -0.39 is 0 Å². The third-order valence-corrected chi connectivity index (χ3v) is 4.48. The van der Waals surface area contributed by atoms with Crippen LogP contribution in [0.2, 0.25) is 0 Å². The highest BCUT2D eigenvalue weighted by Gasteiger charge is 2.25. The van der Waals surface area contributed by atoms with Crippen LogP contribution in [0, 0.1) is 6.92 Å². The lowest BCUT2D eigenvalue weighted by Crippen LogP contribution is -2.52. The lowest BCUT2D eigenvalue weighted by atomic mass is 10.1. The van der Waals surface area contributed by atoms with E-state index in [4.69, 9.17) is 4.74 Å². The number of morpholine rings is 1. The van der Waals surface area contributed by atoms with Gasteiger partial charge in [0.1, 0.15) is 0 Å². The van der Waals surface area contributed by atoms with Gasteiger partial charge >= 0.3 is 0 Å². The van der Waals surface area contributed by atoms with Gasteiger partial charge in [-0.05, 0) is 33.8 Å². The van der Waals surface area contributed by atoms with Crippen LogP contribution in [-0.4, -0.2) is 53.7 Å². The molecule has 0 saturated carbocycles. The number of aryl methyl sites for hydroxylation is 1. The second-order valence-corrected chi connectivity index (χ2v) is 6.99. The molecule has 2 heterocycles. The Labute approximate surface area is 136 Å². The fourth-order valence-corrected chi connectivity index (χ4v) is 3.21. The van der Waals surface area contributed by atoms with Crippen LogP contribution in [0.15, 0.2) is 11.5 Å². The summed E-state index contributed by atoms with van der Waals surface area (Å²) in [6.07, 6.45) is 3.79. The van der Waals surface area contributed by atoms with Gasteiger partial charge in [0, 0.05) is 37.1 Å². The Morgan fingerprint density at radius 2 is 2.23 bits per heavy atom. The molecule has 22 heavy (non-hydrogen) atoms. The van der Waals surface area contributed by atoms with Crippen molar-refractivity contribution < 1.29 is 9.53 Å². The molecule has 6 heteroatoms. The van der Waals surface area contributed by atoms with Crippen LogP contribution in [-0.2, 0) is 9.53 Å². The Morgan fingerprint density at radius 3 is 2.82 bits per heavy atom. The summed E-state index contributed by atoms with van der Waals surface area (Å²) in [6.45, 7) is 10.7. The van der Waals surface area contributed by atoms with Gasteiger partial charge < -0.3 is 10.1 Å². The molecule has 1 aromatic heterocycles. The molecule has 1 amide bonds. The Bertz CT molecular complexity index is 519. The first-order valence-electron chi connectivity index (χ1n) is 7.71. The van der Waals surface area contributed by atoms with Crippen molar-refractivity contribution in [2.45, 2.75) is 45.9 Å². The van der Waals surface area contributed by atoms with Crippen molar-refractivity contribution in [3.05, 3.63) is 22.2 Å². The smallest absolute Gasteiger partial charge is 0.244 e. The zero-order chi connectivity index (χ0) is 16.1. The van der Waals surface area contributed by atoms with Crippen LogP contribution in [0.25, 0.3) is 6.08 Å². The van der Waals surface area contributed by atoms with Crippen LogP contribution in [0.4, 0.5) is 0 Å². The van der Waals surface area contributed by atoms with E-state index >= 15 is 0 Å². The van der Waals surface area contributed by atoms with Crippen LogP contribution in [0.5, 0.6) is 0 Å². The number of hydrogen-bond acceptors (Lipinski definition) is 5. The molecule has 1 aromatic rings. The number of rotatable bonds is 5. The Balaban J connectivity index is 1.76. The standard InChI is InChI=1S/C16H25N3O2S/c1-11(19-8-12(2)21-13(3)9-19)7-17-16(20)6-5-15-10-22-14(4)18-15/h5-6,10-13H,7-9H2,1-4H3,(H,17,20)/b6-5-/t11-,12-,13+/m0/s1. The van der Waals surface area contributed by atoms with Crippen LogP contribution in [0.3, 0.4) is 0 Å². The maximum absolute atomic E-state index is 11.9. The van der Waals surface area contributed by atoms with E-state index in [2.05, 4.69) is 36.0 Å². The van der Waals surface area contributed by atoms with Gasteiger partial charge in [-0.1, -0.05) is 0 Å². The van der Waals surface area contributed by atoms with E-state index in [0.29, 0.717) is 12.6 Å². The SMILES string of the molecule is Cc1nc(/C=C\C(=O)NC[C@H](C)N2C[C@@H](C)O[C@@H](C)C2)cs1. The van der Waals surface area contributed by atoms with Crippen molar-refractivity contribution in [3.63, 3.8) is 0 Å². The molecule has 0 bridgehead atoms. The molecule has 1 N–H and O–H groups in total. The topological polar surface area (TPSA) is 54.5 Å². The number of aromatic nitrogens is 1. The Kier molecular flexibility index (Phi) is 6.11. The number of carbonyl (C=O) groups is 1. The number of thiazole rings is 1. The van der Waals surface area contributed by atoms with Gasteiger partial charge in [-0.3, -0.25) is 9.69 Å².